The molecule has 1 atom stereocenters. The highest BCUT2D eigenvalue weighted by molar-refractivity contribution is 5.92. The summed E-state index contributed by atoms with van der Waals surface area (Å²) in [5.74, 6) is -0.328. The third-order valence-corrected chi connectivity index (χ3v) is 3.00. The monoisotopic (exact) mass is 305 g/mol. The molecule has 2 rings (SSSR count). The molecule has 0 spiro atoms. The van der Waals surface area contributed by atoms with Crippen molar-refractivity contribution < 1.29 is 9.53 Å². The van der Waals surface area contributed by atoms with Gasteiger partial charge in [0.25, 0.3) is 11.5 Å². The zero-order valence-electron chi connectivity index (χ0n) is 12.6. The fourth-order valence-corrected chi connectivity index (χ4v) is 1.94. The maximum atomic E-state index is 12.2. The Morgan fingerprint density at radius 1 is 1.45 bits per heavy atom. The van der Waals surface area contributed by atoms with Crippen LogP contribution in [0.1, 0.15) is 17.4 Å². The van der Waals surface area contributed by atoms with Gasteiger partial charge in [0.05, 0.1) is 19.7 Å². The van der Waals surface area contributed by atoms with Gasteiger partial charge in [0.1, 0.15) is 5.69 Å². The van der Waals surface area contributed by atoms with Crippen LogP contribution in [0, 0.1) is 0 Å². The molecule has 0 saturated carbocycles. The normalized spacial score (nSPS) is 12.1. The summed E-state index contributed by atoms with van der Waals surface area (Å²) in [4.78, 5) is 23.8. The quantitative estimate of drug-likeness (QED) is 0.771. The lowest BCUT2D eigenvalue weighted by molar-refractivity contribution is 0.0927. The van der Waals surface area contributed by atoms with Crippen molar-refractivity contribution in [1.29, 1.82) is 0 Å². The summed E-state index contributed by atoms with van der Waals surface area (Å²) in [6, 6.07) is 4.45. The van der Waals surface area contributed by atoms with E-state index in [1.165, 1.54) is 16.8 Å². The Morgan fingerprint density at radius 2 is 2.27 bits per heavy atom. The third-order valence-electron chi connectivity index (χ3n) is 3.00. The Bertz CT molecular complexity index is 665. The fraction of sp³-hybridized carbons (Fsp3) is 0.429. The smallest absolute Gasteiger partial charge is 0.271 e. The van der Waals surface area contributed by atoms with Crippen LogP contribution in [0.2, 0.25) is 0 Å². The lowest BCUT2D eigenvalue weighted by Crippen LogP contribution is -2.37. The van der Waals surface area contributed by atoms with E-state index in [0.29, 0.717) is 19.7 Å². The lowest BCUT2D eigenvalue weighted by atomic mass is 10.3. The molecule has 0 aliphatic carbocycles. The molecule has 2 heterocycles. The standard InChI is InChI=1S/C14H19N5O3/c1-11(10-18-7-3-6-15-18)16-14(21)12-4-5-13(20)19(17-12)8-9-22-2/h3-7,11H,8-10H2,1-2H3,(H,16,21)/t11-/m0/s1. The van der Waals surface area contributed by atoms with Gasteiger partial charge in [-0.15, -0.1) is 0 Å². The van der Waals surface area contributed by atoms with Crippen LogP contribution in [0.5, 0.6) is 0 Å². The highest BCUT2D eigenvalue weighted by Crippen LogP contribution is 1.95. The van der Waals surface area contributed by atoms with Gasteiger partial charge in [-0.1, -0.05) is 0 Å². The van der Waals surface area contributed by atoms with E-state index in [1.807, 2.05) is 19.2 Å². The van der Waals surface area contributed by atoms with Crippen molar-refractivity contribution >= 4 is 5.91 Å². The number of carbonyl (C=O) groups excluding carboxylic acids is 1. The molecule has 2 aromatic heterocycles. The van der Waals surface area contributed by atoms with E-state index < -0.39 is 0 Å². The Labute approximate surface area is 127 Å². The minimum Gasteiger partial charge on any atom is -0.383 e. The summed E-state index contributed by atoms with van der Waals surface area (Å²) in [6.45, 7) is 3.09. The number of methoxy groups -OCH3 is 1. The highest BCUT2D eigenvalue weighted by atomic mass is 16.5. The average molecular weight is 305 g/mol. The third kappa shape index (κ3) is 4.26. The minimum atomic E-state index is -0.328. The molecule has 0 saturated heterocycles. The first kappa shape index (κ1) is 15.9. The van der Waals surface area contributed by atoms with Crippen LogP contribution in [0.4, 0.5) is 0 Å². The number of ether oxygens (including phenoxy) is 1. The van der Waals surface area contributed by atoms with E-state index in [1.54, 1.807) is 18.0 Å². The summed E-state index contributed by atoms with van der Waals surface area (Å²) >= 11 is 0. The first-order valence-electron chi connectivity index (χ1n) is 6.95. The van der Waals surface area contributed by atoms with E-state index in [2.05, 4.69) is 15.5 Å². The van der Waals surface area contributed by atoms with Gasteiger partial charge in [-0.3, -0.25) is 14.3 Å². The maximum Gasteiger partial charge on any atom is 0.271 e. The lowest BCUT2D eigenvalue weighted by Gasteiger charge is -2.14. The van der Waals surface area contributed by atoms with Crippen molar-refractivity contribution in [2.24, 2.45) is 0 Å². The molecular weight excluding hydrogens is 286 g/mol. The predicted octanol–water partition coefficient (Wildman–Crippen LogP) is -0.0953. The first-order valence-corrected chi connectivity index (χ1v) is 6.95. The van der Waals surface area contributed by atoms with Gasteiger partial charge in [0, 0.05) is 31.6 Å². The Hall–Kier alpha value is -2.48. The number of aromatic nitrogens is 4. The SMILES string of the molecule is COCCn1nc(C(=O)N[C@@H](C)Cn2cccn2)ccc1=O. The predicted molar refractivity (Wildman–Crippen MR) is 79.5 cm³/mol. The average Bonchev–Trinajstić information content (AvgIpc) is 2.99. The maximum absolute atomic E-state index is 12.2. The fourth-order valence-electron chi connectivity index (χ4n) is 1.94. The molecule has 8 nitrogen and oxygen atoms in total. The number of nitrogens with zero attached hydrogens (tertiary/aromatic N) is 4. The van der Waals surface area contributed by atoms with Crippen LogP contribution < -0.4 is 10.9 Å². The molecule has 0 fully saturated rings. The second-order valence-electron chi connectivity index (χ2n) is 4.88. The van der Waals surface area contributed by atoms with Crippen LogP contribution in [0.15, 0.2) is 35.4 Å². The minimum absolute atomic E-state index is 0.117. The van der Waals surface area contributed by atoms with Gasteiger partial charge in [0.2, 0.25) is 0 Å². The van der Waals surface area contributed by atoms with Crippen molar-refractivity contribution in [1.82, 2.24) is 24.9 Å². The molecule has 8 heteroatoms. The van der Waals surface area contributed by atoms with Crippen LogP contribution in [0.25, 0.3) is 0 Å². The number of hydrogen-bond acceptors (Lipinski definition) is 5. The van der Waals surface area contributed by atoms with E-state index in [4.69, 9.17) is 4.74 Å². The summed E-state index contributed by atoms with van der Waals surface area (Å²) < 4.78 is 7.87. The molecule has 1 N–H and O–H groups in total. The molecule has 0 unspecified atom stereocenters. The van der Waals surface area contributed by atoms with Gasteiger partial charge in [0.15, 0.2) is 0 Å². The van der Waals surface area contributed by atoms with Gasteiger partial charge in [-0.05, 0) is 19.1 Å². The zero-order valence-corrected chi connectivity index (χ0v) is 12.6. The van der Waals surface area contributed by atoms with E-state index in [-0.39, 0.29) is 23.2 Å². The molecule has 118 valence electrons. The molecule has 2 aromatic rings. The number of nitrogens with one attached hydrogen (secondary N) is 1. The largest absolute Gasteiger partial charge is 0.383 e. The van der Waals surface area contributed by atoms with Crippen molar-refractivity contribution in [3.63, 3.8) is 0 Å². The Kier molecular flexibility index (Phi) is 5.42. The number of rotatable bonds is 7. The molecule has 0 aliphatic heterocycles. The van der Waals surface area contributed by atoms with Gasteiger partial charge in [-0.2, -0.15) is 10.2 Å². The number of hydrogen-bond donors (Lipinski definition) is 1. The van der Waals surface area contributed by atoms with E-state index in [0.717, 1.165) is 0 Å². The summed E-state index contributed by atoms with van der Waals surface area (Å²) in [5, 5.41) is 11.0. The highest BCUT2D eigenvalue weighted by Gasteiger charge is 2.13. The Morgan fingerprint density at radius 3 is 2.95 bits per heavy atom. The zero-order chi connectivity index (χ0) is 15.9. The summed E-state index contributed by atoms with van der Waals surface area (Å²) in [6.07, 6.45) is 3.51. The molecule has 22 heavy (non-hydrogen) atoms. The topological polar surface area (TPSA) is 91.0 Å². The first-order chi connectivity index (χ1) is 10.6. The van der Waals surface area contributed by atoms with Crippen molar-refractivity contribution in [3.8, 4) is 0 Å². The molecule has 0 bridgehead atoms. The molecule has 0 aliphatic rings. The molecule has 0 radical (unpaired) electrons. The van der Waals surface area contributed by atoms with E-state index in [9.17, 15) is 9.59 Å². The second-order valence-corrected chi connectivity index (χ2v) is 4.88. The van der Waals surface area contributed by atoms with Crippen LogP contribution in [-0.2, 0) is 17.8 Å². The second kappa shape index (κ2) is 7.51. The number of carbonyl (C=O) groups is 1. The molecule has 1 amide bonds. The summed E-state index contributed by atoms with van der Waals surface area (Å²) in [5.41, 5.74) is -0.0683. The molecule has 0 aromatic carbocycles. The van der Waals surface area contributed by atoms with Crippen molar-refractivity contribution in [2.45, 2.75) is 26.1 Å². The summed E-state index contributed by atoms with van der Waals surface area (Å²) in [7, 11) is 1.54. The van der Waals surface area contributed by atoms with Crippen molar-refractivity contribution in [2.75, 3.05) is 13.7 Å². The van der Waals surface area contributed by atoms with Crippen LogP contribution in [0.3, 0.4) is 0 Å². The van der Waals surface area contributed by atoms with Gasteiger partial charge >= 0.3 is 0 Å². The van der Waals surface area contributed by atoms with E-state index >= 15 is 0 Å². The molecular formula is C14H19N5O3. The van der Waals surface area contributed by atoms with Crippen LogP contribution >= 0.6 is 0 Å². The number of amides is 1. The van der Waals surface area contributed by atoms with Gasteiger partial charge < -0.3 is 10.1 Å². The Balaban J connectivity index is 2.01. The van der Waals surface area contributed by atoms with Crippen LogP contribution in [-0.4, -0.2) is 45.2 Å². The van der Waals surface area contributed by atoms with Crippen molar-refractivity contribution in [3.05, 3.63) is 46.6 Å². The van der Waals surface area contributed by atoms with Gasteiger partial charge in [-0.25, -0.2) is 4.68 Å².